The van der Waals surface area contributed by atoms with E-state index in [4.69, 9.17) is 4.74 Å². The van der Waals surface area contributed by atoms with Crippen molar-refractivity contribution in [3.63, 3.8) is 0 Å². The van der Waals surface area contributed by atoms with Gasteiger partial charge in [-0.25, -0.2) is 0 Å². The van der Waals surface area contributed by atoms with E-state index >= 15 is 0 Å². The van der Waals surface area contributed by atoms with Gasteiger partial charge in [0.15, 0.2) is 0 Å². The summed E-state index contributed by atoms with van der Waals surface area (Å²) >= 11 is 0. The van der Waals surface area contributed by atoms with Crippen molar-refractivity contribution in [1.82, 2.24) is 19.7 Å². The Hall–Kier alpha value is -3.22. The van der Waals surface area contributed by atoms with Crippen LogP contribution in [0.4, 0.5) is 0 Å². The molecule has 1 amide bonds. The van der Waals surface area contributed by atoms with Gasteiger partial charge in [0, 0.05) is 50.0 Å². The second kappa shape index (κ2) is 11.2. The van der Waals surface area contributed by atoms with Crippen LogP contribution in [0.15, 0.2) is 66.9 Å². The zero-order valence-electron chi connectivity index (χ0n) is 21.4. The molecule has 0 spiro atoms. The molecular weight excluding hydrogens is 448 g/mol. The molecule has 0 radical (unpaired) electrons. The van der Waals surface area contributed by atoms with Crippen molar-refractivity contribution in [3.8, 4) is 17.0 Å². The van der Waals surface area contributed by atoms with E-state index < -0.39 is 0 Å². The Kier molecular flexibility index (Phi) is 7.63. The number of para-hydroxylation sites is 1. The van der Waals surface area contributed by atoms with E-state index in [1.54, 1.807) is 0 Å². The highest BCUT2D eigenvalue weighted by Crippen LogP contribution is 2.45. The summed E-state index contributed by atoms with van der Waals surface area (Å²) in [4.78, 5) is 25.0. The standard InChI is InChI=1S/C30H36N4O2/c1-3-32(4-2)17-10-22-36-27-15-8-7-13-25(27)30(35)34-20-18-33(19-21-34)29-24-12-6-5-11-23(24)28-26(29)14-9-16-31-28/h5-9,11-16,29H,3-4,10,17-22H2,1-2H3. The first-order valence-corrected chi connectivity index (χ1v) is 13.2. The van der Waals surface area contributed by atoms with E-state index in [-0.39, 0.29) is 11.9 Å². The van der Waals surface area contributed by atoms with Crippen molar-refractivity contribution < 1.29 is 9.53 Å². The monoisotopic (exact) mass is 484 g/mol. The van der Waals surface area contributed by atoms with Crippen molar-refractivity contribution in [2.24, 2.45) is 0 Å². The number of carbonyl (C=O) groups is 1. The SMILES string of the molecule is CCN(CC)CCCOc1ccccc1C(=O)N1CCN(C2c3ccccc3-c3ncccc32)CC1. The summed E-state index contributed by atoms with van der Waals surface area (Å²) < 4.78 is 6.08. The molecule has 1 saturated heterocycles. The van der Waals surface area contributed by atoms with Crippen LogP contribution in [-0.2, 0) is 0 Å². The third-order valence-electron chi connectivity index (χ3n) is 7.50. The first-order valence-electron chi connectivity index (χ1n) is 13.2. The number of pyridine rings is 1. The lowest BCUT2D eigenvalue weighted by atomic mass is 10.0. The number of fused-ring (bicyclic) bond motifs is 3. The summed E-state index contributed by atoms with van der Waals surface area (Å²) in [7, 11) is 0. The van der Waals surface area contributed by atoms with Gasteiger partial charge in [-0.2, -0.15) is 0 Å². The fraction of sp³-hybridized carbons (Fsp3) is 0.400. The van der Waals surface area contributed by atoms with Crippen molar-refractivity contribution in [2.45, 2.75) is 26.3 Å². The summed E-state index contributed by atoms with van der Waals surface area (Å²) in [6.45, 7) is 11.1. The predicted octanol–water partition coefficient (Wildman–Crippen LogP) is 4.72. The summed E-state index contributed by atoms with van der Waals surface area (Å²) in [6.07, 6.45) is 2.82. The van der Waals surface area contributed by atoms with Gasteiger partial charge in [0.25, 0.3) is 5.91 Å². The molecule has 6 nitrogen and oxygen atoms in total. The molecule has 2 aliphatic rings. The van der Waals surface area contributed by atoms with E-state index in [2.05, 4.69) is 59.0 Å². The van der Waals surface area contributed by atoms with Crippen molar-refractivity contribution in [1.29, 1.82) is 0 Å². The maximum absolute atomic E-state index is 13.5. The van der Waals surface area contributed by atoms with Gasteiger partial charge in [0.1, 0.15) is 5.75 Å². The molecule has 1 aromatic heterocycles. The molecule has 3 aromatic rings. The first-order chi connectivity index (χ1) is 17.7. The minimum atomic E-state index is 0.0582. The van der Waals surface area contributed by atoms with Crippen LogP contribution >= 0.6 is 0 Å². The molecule has 36 heavy (non-hydrogen) atoms. The lowest BCUT2D eigenvalue weighted by Gasteiger charge is -2.38. The number of piperazine rings is 1. The van der Waals surface area contributed by atoms with Crippen LogP contribution in [-0.4, -0.2) is 78.0 Å². The van der Waals surface area contributed by atoms with Crippen LogP contribution < -0.4 is 4.74 Å². The lowest BCUT2D eigenvalue weighted by molar-refractivity contribution is 0.0595. The highest BCUT2D eigenvalue weighted by atomic mass is 16.5. The number of carbonyl (C=O) groups excluding carboxylic acids is 1. The molecule has 1 fully saturated rings. The number of rotatable bonds is 9. The molecule has 0 saturated carbocycles. The molecule has 188 valence electrons. The van der Waals surface area contributed by atoms with Crippen LogP contribution in [0.2, 0.25) is 0 Å². The smallest absolute Gasteiger partial charge is 0.257 e. The number of aromatic nitrogens is 1. The number of ether oxygens (including phenoxy) is 1. The van der Waals surface area contributed by atoms with Gasteiger partial charge in [-0.05, 0) is 43.3 Å². The third-order valence-corrected chi connectivity index (χ3v) is 7.50. The summed E-state index contributed by atoms with van der Waals surface area (Å²) in [5.74, 6) is 0.747. The van der Waals surface area contributed by atoms with Gasteiger partial charge in [-0.3, -0.25) is 14.7 Å². The summed E-state index contributed by atoms with van der Waals surface area (Å²) in [5, 5.41) is 0. The molecule has 6 heteroatoms. The molecule has 2 aromatic carbocycles. The molecule has 1 aliphatic carbocycles. The van der Waals surface area contributed by atoms with Crippen LogP contribution in [0.3, 0.4) is 0 Å². The van der Waals surface area contributed by atoms with Crippen LogP contribution in [0.5, 0.6) is 5.75 Å². The topological polar surface area (TPSA) is 48.9 Å². The molecule has 2 heterocycles. The van der Waals surface area contributed by atoms with Crippen LogP contribution in [0.1, 0.15) is 47.8 Å². The Labute approximate surface area is 214 Å². The Balaban J connectivity index is 1.23. The van der Waals surface area contributed by atoms with Crippen molar-refractivity contribution >= 4 is 5.91 Å². The van der Waals surface area contributed by atoms with Crippen LogP contribution in [0, 0.1) is 0 Å². The lowest BCUT2D eigenvalue weighted by Crippen LogP contribution is -2.49. The fourth-order valence-electron chi connectivity index (χ4n) is 5.51. The molecule has 0 bridgehead atoms. The Morgan fingerprint density at radius 1 is 0.944 bits per heavy atom. The quantitative estimate of drug-likeness (QED) is 0.412. The minimum absolute atomic E-state index is 0.0582. The second-order valence-corrected chi connectivity index (χ2v) is 9.48. The number of benzene rings is 2. The van der Waals surface area contributed by atoms with Gasteiger partial charge in [-0.1, -0.05) is 56.3 Å². The third kappa shape index (κ3) is 4.88. The molecule has 5 rings (SSSR count). The minimum Gasteiger partial charge on any atom is -0.493 e. The zero-order valence-corrected chi connectivity index (χ0v) is 21.4. The average molecular weight is 485 g/mol. The number of nitrogens with zero attached hydrogens (tertiary/aromatic N) is 4. The number of amides is 1. The van der Waals surface area contributed by atoms with Gasteiger partial charge < -0.3 is 14.5 Å². The summed E-state index contributed by atoms with van der Waals surface area (Å²) in [5.41, 5.74) is 5.55. The predicted molar refractivity (Wildman–Crippen MR) is 143 cm³/mol. The zero-order chi connectivity index (χ0) is 24.9. The van der Waals surface area contributed by atoms with Gasteiger partial charge >= 0.3 is 0 Å². The van der Waals surface area contributed by atoms with Gasteiger partial charge in [0.2, 0.25) is 0 Å². The highest BCUT2D eigenvalue weighted by molar-refractivity contribution is 5.97. The van der Waals surface area contributed by atoms with Gasteiger partial charge in [-0.15, -0.1) is 0 Å². The van der Waals surface area contributed by atoms with E-state index in [0.29, 0.717) is 31.0 Å². The van der Waals surface area contributed by atoms with Crippen molar-refractivity contribution in [2.75, 3.05) is 52.4 Å². The largest absolute Gasteiger partial charge is 0.493 e. The van der Waals surface area contributed by atoms with Crippen LogP contribution in [0.25, 0.3) is 11.3 Å². The normalized spacial score (nSPS) is 17.2. The Morgan fingerprint density at radius 2 is 1.67 bits per heavy atom. The molecule has 0 N–H and O–H groups in total. The van der Waals surface area contributed by atoms with E-state index in [0.717, 1.165) is 44.8 Å². The summed E-state index contributed by atoms with van der Waals surface area (Å²) in [6, 6.07) is 20.7. The fourth-order valence-corrected chi connectivity index (χ4v) is 5.51. The number of hydrogen-bond acceptors (Lipinski definition) is 5. The van der Waals surface area contributed by atoms with E-state index in [9.17, 15) is 4.79 Å². The van der Waals surface area contributed by atoms with Crippen molar-refractivity contribution in [3.05, 3.63) is 83.6 Å². The molecule has 1 aliphatic heterocycles. The molecule has 1 atom stereocenters. The molecule has 1 unspecified atom stereocenters. The average Bonchev–Trinajstić information content (AvgIpc) is 3.27. The van der Waals surface area contributed by atoms with E-state index in [1.165, 1.54) is 16.7 Å². The number of hydrogen-bond donors (Lipinski definition) is 0. The Bertz CT molecular complexity index is 1140. The maximum Gasteiger partial charge on any atom is 0.257 e. The second-order valence-electron chi connectivity index (χ2n) is 9.48. The molecular formula is C30H36N4O2. The highest BCUT2D eigenvalue weighted by Gasteiger charge is 2.36. The van der Waals surface area contributed by atoms with E-state index in [1.807, 2.05) is 41.4 Å². The maximum atomic E-state index is 13.5. The van der Waals surface area contributed by atoms with Gasteiger partial charge in [0.05, 0.1) is 23.9 Å². The first kappa shape index (κ1) is 24.5. The Morgan fingerprint density at radius 3 is 2.47 bits per heavy atom.